The third-order valence-corrected chi connectivity index (χ3v) is 3.28. The molecule has 6 heteroatoms. The van der Waals surface area contributed by atoms with E-state index in [9.17, 15) is 23.2 Å². The normalized spacial score (nSPS) is 13.9. The molecule has 0 radical (unpaired) electrons. The summed E-state index contributed by atoms with van der Waals surface area (Å²) in [5.41, 5.74) is -0.270. The predicted molar refractivity (Wildman–Crippen MR) is 67.5 cm³/mol. The van der Waals surface area contributed by atoms with E-state index in [-0.39, 0.29) is 35.4 Å². The van der Waals surface area contributed by atoms with Crippen LogP contribution in [-0.4, -0.2) is 17.6 Å². The van der Waals surface area contributed by atoms with Crippen LogP contribution in [0.4, 0.5) is 14.5 Å². The number of ketones is 1. The highest BCUT2D eigenvalue weighted by molar-refractivity contribution is 6.17. The topological polar surface area (TPSA) is 54.5 Å². The first kappa shape index (κ1) is 14.3. The van der Waals surface area contributed by atoms with Crippen LogP contribution >= 0.6 is 0 Å². The second-order valence-electron chi connectivity index (χ2n) is 4.70. The van der Waals surface area contributed by atoms with Gasteiger partial charge in [-0.15, -0.1) is 0 Å². The fourth-order valence-corrected chi connectivity index (χ4v) is 2.50. The Kier molecular flexibility index (Phi) is 3.65. The molecule has 0 saturated carbocycles. The van der Waals surface area contributed by atoms with Crippen LogP contribution in [0.5, 0.6) is 0 Å². The van der Waals surface area contributed by atoms with Crippen LogP contribution in [0.25, 0.3) is 0 Å². The number of amides is 2. The molecule has 0 atom stereocenters. The lowest BCUT2D eigenvalue weighted by molar-refractivity contribution is -0.124. The standard InChI is InChI=1S/C14H13F2NO3/c1-7(18)17(8(2)19)11-6-10(15)14(16)9-4-3-5-12(20)13(9)11/h6H,3-5H2,1-2H3. The molecule has 0 bridgehead atoms. The first-order chi connectivity index (χ1) is 9.34. The zero-order valence-electron chi connectivity index (χ0n) is 11.1. The summed E-state index contributed by atoms with van der Waals surface area (Å²) < 4.78 is 27.4. The summed E-state index contributed by atoms with van der Waals surface area (Å²) in [6.45, 7) is 2.25. The molecule has 0 aliphatic heterocycles. The van der Waals surface area contributed by atoms with Gasteiger partial charge < -0.3 is 0 Å². The summed E-state index contributed by atoms with van der Waals surface area (Å²) in [6, 6.07) is 0.736. The molecule has 0 saturated heterocycles. The highest BCUT2D eigenvalue weighted by atomic mass is 19.2. The Bertz CT molecular complexity index is 611. The van der Waals surface area contributed by atoms with Gasteiger partial charge in [0.2, 0.25) is 11.8 Å². The Balaban J connectivity index is 2.76. The highest BCUT2D eigenvalue weighted by Gasteiger charge is 2.31. The van der Waals surface area contributed by atoms with Gasteiger partial charge in [0.15, 0.2) is 17.4 Å². The molecule has 1 aliphatic rings. The van der Waals surface area contributed by atoms with Gasteiger partial charge in [0.05, 0.1) is 5.69 Å². The fraction of sp³-hybridized carbons (Fsp3) is 0.357. The molecule has 106 valence electrons. The molecule has 0 spiro atoms. The van der Waals surface area contributed by atoms with Gasteiger partial charge in [-0.3, -0.25) is 19.3 Å². The van der Waals surface area contributed by atoms with Crippen molar-refractivity contribution in [2.45, 2.75) is 33.1 Å². The lowest BCUT2D eigenvalue weighted by atomic mass is 9.88. The van der Waals surface area contributed by atoms with E-state index in [4.69, 9.17) is 0 Å². The van der Waals surface area contributed by atoms with Crippen LogP contribution in [0, 0.1) is 11.6 Å². The van der Waals surface area contributed by atoms with E-state index in [0.29, 0.717) is 11.3 Å². The van der Waals surface area contributed by atoms with E-state index in [1.165, 1.54) is 0 Å². The summed E-state index contributed by atoms with van der Waals surface area (Å²) in [5, 5.41) is 0. The predicted octanol–water partition coefficient (Wildman–Crippen LogP) is 2.38. The van der Waals surface area contributed by atoms with Crippen molar-refractivity contribution in [2.75, 3.05) is 4.90 Å². The molecule has 0 N–H and O–H groups in total. The number of carbonyl (C=O) groups is 3. The van der Waals surface area contributed by atoms with E-state index in [1.807, 2.05) is 0 Å². The number of hydrogen-bond donors (Lipinski definition) is 0. The number of halogens is 2. The second kappa shape index (κ2) is 5.11. The maximum atomic E-state index is 13.8. The number of rotatable bonds is 1. The minimum atomic E-state index is -1.17. The summed E-state index contributed by atoms with van der Waals surface area (Å²) in [6.07, 6.45) is 0.821. The van der Waals surface area contributed by atoms with Crippen LogP contribution in [-0.2, 0) is 16.0 Å². The lowest BCUT2D eigenvalue weighted by Gasteiger charge is -2.25. The zero-order chi connectivity index (χ0) is 15.0. The van der Waals surface area contributed by atoms with Crippen molar-refractivity contribution in [3.63, 3.8) is 0 Å². The van der Waals surface area contributed by atoms with Crippen molar-refractivity contribution in [2.24, 2.45) is 0 Å². The average Bonchev–Trinajstić information content (AvgIpc) is 2.34. The maximum absolute atomic E-state index is 13.8. The van der Waals surface area contributed by atoms with Crippen molar-refractivity contribution < 1.29 is 23.2 Å². The smallest absolute Gasteiger partial charge is 0.230 e. The van der Waals surface area contributed by atoms with Gasteiger partial charge in [-0.2, -0.15) is 0 Å². The minimum Gasteiger partial charge on any atom is -0.294 e. The van der Waals surface area contributed by atoms with E-state index in [1.54, 1.807) is 0 Å². The van der Waals surface area contributed by atoms with Gasteiger partial charge >= 0.3 is 0 Å². The number of hydrogen-bond acceptors (Lipinski definition) is 3. The van der Waals surface area contributed by atoms with Crippen LogP contribution in [0.3, 0.4) is 0 Å². The summed E-state index contributed by atoms with van der Waals surface area (Å²) in [7, 11) is 0. The van der Waals surface area contributed by atoms with Gasteiger partial charge in [0, 0.05) is 37.5 Å². The molecule has 1 aromatic rings. The summed E-state index contributed by atoms with van der Waals surface area (Å²) in [5.74, 6) is -3.93. The van der Waals surface area contributed by atoms with Gasteiger partial charge in [-0.05, 0) is 12.8 Å². The van der Waals surface area contributed by atoms with Crippen LogP contribution < -0.4 is 4.90 Å². The van der Waals surface area contributed by atoms with Crippen molar-refractivity contribution in [3.05, 3.63) is 28.8 Å². The summed E-state index contributed by atoms with van der Waals surface area (Å²) in [4.78, 5) is 35.8. The molecule has 0 fully saturated rings. The third-order valence-electron chi connectivity index (χ3n) is 3.28. The van der Waals surface area contributed by atoms with Crippen LogP contribution in [0.1, 0.15) is 42.6 Å². The molecule has 0 unspecified atom stereocenters. The maximum Gasteiger partial charge on any atom is 0.230 e. The van der Waals surface area contributed by atoms with E-state index < -0.39 is 23.4 Å². The number of fused-ring (bicyclic) bond motifs is 1. The van der Waals surface area contributed by atoms with Gasteiger partial charge in [-0.25, -0.2) is 8.78 Å². The van der Waals surface area contributed by atoms with Gasteiger partial charge in [0.1, 0.15) is 0 Å². The van der Waals surface area contributed by atoms with E-state index in [0.717, 1.165) is 19.9 Å². The second-order valence-corrected chi connectivity index (χ2v) is 4.70. The molecule has 0 aromatic heterocycles. The lowest BCUT2D eigenvalue weighted by Crippen LogP contribution is -2.35. The molecule has 4 nitrogen and oxygen atoms in total. The first-order valence-electron chi connectivity index (χ1n) is 6.20. The van der Waals surface area contributed by atoms with Gasteiger partial charge in [0.25, 0.3) is 0 Å². The summed E-state index contributed by atoms with van der Waals surface area (Å²) >= 11 is 0. The molecular formula is C14H13F2NO3. The number of Topliss-reactive ketones (excluding diaryl/α,β-unsaturated/α-hetero) is 1. The fourth-order valence-electron chi connectivity index (χ4n) is 2.50. The molecule has 2 rings (SSSR count). The zero-order valence-corrected chi connectivity index (χ0v) is 11.1. The molecule has 2 amide bonds. The Hall–Kier alpha value is -2.11. The number of benzene rings is 1. The van der Waals surface area contributed by atoms with Crippen molar-refractivity contribution >= 4 is 23.3 Å². The Morgan fingerprint density at radius 1 is 1.15 bits per heavy atom. The number of carbonyl (C=O) groups excluding carboxylic acids is 3. The number of anilines is 1. The molecule has 1 aliphatic carbocycles. The van der Waals surface area contributed by atoms with Crippen molar-refractivity contribution in [1.82, 2.24) is 0 Å². The van der Waals surface area contributed by atoms with Crippen molar-refractivity contribution in [3.8, 4) is 0 Å². The quantitative estimate of drug-likeness (QED) is 0.794. The Morgan fingerprint density at radius 3 is 2.30 bits per heavy atom. The monoisotopic (exact) mass is 281 g/mol. The highest BCUT2D eigenvalue weighted by Crippen LogP contribution is 2.34. The Labute approximate surface area is 114 Å². The van der Waals surface area contributed by atoms with E-state index in [2.05, 4.69) is 0 Å². The van der Waals surface area contributed by atoms with Crippen LogP contribution in [0.15, 0.2) is 6.07 Å². The largest absolute Gasteiger partial charge is 0.294 e. The van der Waals surface area contributed by atoms with Gasteiger partial charge in [-0.1, -0.05) is 0 Å². The minimum absolute atomic E-state index is 0.0521. The molecule has 20 heavy (non-hydrogen) atoms. The number of imide groups is 1. The Morgan fingerprint density at radius 2 is 1.75 bits per heavy atom. The third kappa shape index (κ3) is 2.21. The van der Waals surface area contributed by atoms with E-state index >= 15 is 0 Å². The first-order valence-corrected chi connectivity index (χ1v) is 6.20. The van der Waals surface area contributed by atoms with Crippen molar-refractivity contribution in [1.29, 1.82) is 0 Å². The molecular weight excluding hydrogens is 268 g/mol. The molecule has 0 heterocycles. The SMILES string of the molecule is CC(=O)N(C(C)=O)c1cc(F)c(F)c2c1C(=O)CCC2. The molecule has 1 aromatic carbocycles. The average molecular weight is 281 g/mol. The number of nitrogens with zero attached hydrogens (tertiary/aromatic N) is 1. The van der Waals surface area contributed by atoms with Crippen LogP contribution in [0.2, 0.25) is 0 Å².